The summed E-state index contributed by atoms with van der Waals surface area (Å²) in [6, 6.07) is 1.71. The molecule has 0 bridgehead atoms. The van der Waals surface area contributed by atoms with E-state index in [2.05, 4.69) is 15.3 Å². The van der Waals surface area contributed by atoms with Gasteiger partial charge in [-0.25, -0.2) is 9.97 Å². The smallest absolute Gasteiger partial charge is 0.249 e. The van der Waals surface area contributed by atoms with E-state index in [1.165, 1.54) is 0 Å². The van der Waals surface area contributed by atoms with Gasteiger partial charge in [-0.05, 0) is 26.3 Å². The van der Waals surface area contributed by atoms with E-state index in [0.29, 0.717) is 12.2 Å². The Morgan fingerprint density at radius 1 is 1.50 bits per heavy atom. The summed E-state index contributed by atoms with van der Waals surface area (Å²) in [5.74, 6) is 0.117. The van der Waals surface area contributed by atoms with Crippen LogP contribution < -0.4 is 5.32 Å². The van der Waals surface area contributed by atoms with Gasteiger partial charge in [-0.2, -0.15) is 0 Å². The lowest BCUT2D eigenvalue weighted by atomic mass is 10.0. The zero-order valence-electron chi connectivity index (χ0n) is 9.77. The topological polar surface area (TPSA) is 75.1 Å². The summed E-state index contributed by atoms with van der Waals surface area (Å²) < 4.78 is 0. The van der Waals surface area contributed by atoms with Gasteiger partial charge in [0.25, 0.3) is 0 Å². The molecule has 88 valence electrons. The van der Waals surface area contributed by atoms with Gasteiger partial charge in [0.15, 0.2) is 5.82 Å². The zero-order valence-corrected chi connectivity index (χ0v) is 9.77. The van der Waals surface area contributed by atoms with Gasteiger partial charge in [-0.15, -0.1) is 0 Å². The van der Waals surface area contributed by atoms with Gasteiger partial charge in [-0.1, -0.05) is 6.92 Å². The van der Waals surface area contributed by atoms with Gasteiger partial charge in [0.1, 0.15) is 6.10 Å². The van der Waals surface area contributed by atoms with Gasteiger partial charge in [0, 0.05) is 12.4 Å². The van der Waals surface area contributed by atoms with Crippen molar-refractivity contribution in [2.24, 2.45) is 0 Å². The second-order valence-corrected chi connectivity index (χ2v) is 4.11. The number of aliphatic hydroxyl groups is 1. The van der Waals surface area contributed by atoms with Crippen molar-refractivity contribution in [2.75, 3.05) is 0 Å². The van der Waals surface area contributed by atoms with Gasteiger partial charge in [0.05, 0.1) is 5.54 Å². The molecule has 0 fully saturated rings. The average Bonchev–Trinajstić information content (AvgIpc) is 2.28. The van der Waals surface area contributed by atoms with Gasteiger partial charge in [0.2, 0.25) is 5.91 Å². The first-order valence-electron chi connectivity index (χ1n) is 5.25. The van der Waals surface area contributed by atoms with Crippen molar-refractivity contribution >= 4 is 5.91 Å². The van der Waals surface area contributed by atoms with E-state index in [4.69, 9.17) is 0 Å². The number of rotatable bonds is 4. The number of nitrogens with zero attached hydrogens (tertiary/aromatic N) is 2. The summed E-state index contributed by atoms with van der Waals surface area (Å²) in [6.07, 6.45) is 2.64. The SMILES string of the molecule is CCC(O)C(=O)NC(C)(C)c1ncccn1. The standard InChI is InChI=1S/C11H17N3O2/c1-4-8(15)9(16)14-11(2,3)10-12-6-5-7-13-10/h5-8,15H,4H2,1-3H3,(H,14,16). The van der Waals surface area contributed by atoms with Crippen molar-refractivity contribution < 1.29 is 9.90 Å². The molecular formula is C11H17N3O2. The fraction of sp³-hybridized carbons (Fsp3) is 0.545. The number of carbonyl (C=O) groups is 1. The number of hydrogen-bond donors (Lipinski definition) is 2. The highest BCUT2D eigenvalue weighted by atomic mass is 16.3. The van der Waals surface area contributed by atoms with Crippen molar-refractivity contribution in [3.8, 4) is 0 Å². The number of nitrogens with one attached hydrogen (secondary N) is 1. The minimum absolute atomic E-state index is 0.386. The number of aromatic nitrogens is 2. The Hall–Kier alpha value is -1.49. The molecule has 5 heteroatoms. The molecule has 0 saturated carbocycles. The van der Waals surface area contributed by atoms with Crippen molar-refractivity contribution in [3.05, 3.63) is 24.3 Å². The maximum atomic E-state index is 11.5. The fourth-order valence-electron chi connectivity index (χ4n) is 1.25. The van der Waals surface area contributed by atoms with Crippen LogP contribution in [0.5, 0.6) is 0 Å². The predicted octanol–water partition coefficient (Wildman–Crippen LogP) is 0.599. The Balaban J connectivity index is 2.76. The van der Waals surface area contributed by atoms with E-state index >= 15 is 0 Å². The zero-order chi connectivity index (χ0) is 12.2. The van der Waals surface area contributed by atoms with Crippen LogP contribution in [0.2, 0.25) is 0 Å². The number of amides is 1. The van der Waals surface area contributed by atoms with Crippen LogP contribution in [0.1, 0.15) is 33.0 Å². The minimum atomic E-state index is -0.983. The lowest BCUT2D eigenvalue weighted by molar-refractivity contribution is -0.131. The van der Waals surface area contributed by atoms with Crippen LogP contribution in [-0.2, 0) is 10.3 Å². The first-order valence-corrected chi connectivity index (χ1v) is 5.25. The third kappa shape index (κ3) is 3.00. The van der Waals surface area contributed by atoms with Crippen LogP contribution in [0.4, 0.5) is 0 Å². The quantitative estimate of drug-likeness (QED) is 0.783. The molecular weight excluding hydrogens is 206 g/mol. The van der Waals surface area contributed by atoms with Gasteiger partial charge in [-0.3, -0.25) is 4.79 Å². The Bertz CT molecular complexity index is 352. The molecule has 1 heterocycles. The third-order valence-corrected chi connectivity index (χ3v) is 2.25. The summed E-state index contributed by atoms with van der Waals surface area (Å²) >= 11 is 0. The van der Waals surface area contributed by atoms with E-state index < -0.39 is 17.6 Å². The third-order valence-electron chi connectivity index (χ3n) is 2.25. The molecule has 5 nitrogen and oxygen atoms in total. The minimum Gasteiger partial charge on any atom is -0.383 e. The van der Waals surface area contributed by atoms with Gasteiger partial charge < -0.3 is 10.4 Å². The largest absolute Gasteiger partial charge is 0.383 e. The van der Waals surface area contributed by atoms with E-state index in [1.54, 1.807) is 39.2 Å². The average molecular weight is 223 g/mol. The number of aliphatic hydroxyl groups excluding tert-OH is 1. The summed E-state index contributed by atoms with van der Waals surface area (Å²) in [7, 11) is 0. The highest BCUT2D eigenvalue weighted by Gasteiger charge is 2.27. The van der Waals surface area contributed by atoms with E-state index in [-0.39, 0.29) is 0 Å². The predicted molar refractivity (Wildman–Crippen MR) is 59.5 cm³/mol. The monoisotopic (exact) mass is 223 g/mol. The highest BCUT2D eigenvalue weighted by Crippen LogP contribution is 2.14. The molecule has 0 aliphatic heterocycles. The Morgan fingerprint density at radius 2 is 2.06 bits per heavy atom. The molecule has 0 aromatic carbocycles. The van der Waals surface area contributed by atoms with Crippen molar-refractivity contribution in [3.63, 3.8) is 0 Å². The van der Waals surface area contributed by atoms with E-state index in [0.717, 1.165) is 0 Å². The molecule has 1 aromatic heterocycles. The van der Waals surface area contributed by atoms with Crippen LogP contribution >= 0.6 is 0 Å². The first-order chi connectivity index (χ1) is 7.47. The number of carbonyl (C=O) groups excluding carboxylic acids is 1. The lowest BCUT2D eigenvalue weighted by Crippen LogP contribution is -2.46. The van der Waals surface area contributed by atoms with Crippen molar-refractivity contribution in [1.82, 2.24) is 15.3 Å². The Labute approximate surface area is 94.9 Å². The van der Waals surface area contributed by atoms with Crippen molar-refractivity contribution in [2.45, 2.75) is 38.8 Å². The summed E-state index contributed by atoms with van der Waals surface area (Å²) in [5, 5.41) is 12.1. The maximum Gasteiger partial charge on any atom is 0.249 e. The maximum absolute atomic E-state index is 11.5. The molecule has 1 amide bonds. The number of hydrogen-bond acceptors (Lipinski definition) is 4. The summed E-state index contributed by atoms with van der Waals surface area (Å²) in [4.78, 5) is 19.7. The summed E-state index contributed by atoms with van der Waals surface area (Å²) in [6.45, 7) is 5.33. The van der Waals surface area contributed by atoms with Crippen LogP contribution in [0.15, 0.2) is 18.5 Å². The molecule has 0 saturated heterocycles. The molecule has 0 aliphatic carbocycles. The van der Waals surface area contributed by atoms with Crippen LogP contribution in [0, 0.1) is 0 Å². The molecule has 1 aromatic rings. The van der Waals surface area contributed by atoms with Crippen LogP contribution in [0.25, 0.3) is 0 Å². The normalized spacial score (nSPS) is 13.2. The van der Waals surface area contributed by atoms with E-state index in [1.807, 2.05) is 0 Å². The van der Waals surface area contributed by atoms with Gasteiger partial charge >= 0.3 is 0 Å². The lowest BCUT2D eigenvalue weighted by Gasteiger charge is -2.25. The first kappa shape index (κ1) is 12.6. The fourth-order valence-corrected chi connectivity index (χ4v) is 1.25. The molecule has 0 spiro atoms. The second-order valence-electron chi connectivity index (χ2n) is 4.11. The molecule has 1 atom stereocenters. The molecule has 16 heavy (non-hydrogen) atoms. The second kappa shape index (κ2) is 5.03. The molecule has 0 radical (unpaired) electrons. The molecule has 1 rings (SSSR count). The van der Waals surface area contributed by atoms with E-state index in [9.17, 15) is 9.90 Å². The highest BCUT2D eigenvalue weighted by molar-refractivity contribution is 5.81. The summed E-state index contributed by atoms with van der Waals surface area (Å²) in [5.41, 5.74) is -0.686. The molecule has 2 N–H and O–H groups in total. The van der Waals surface area contributed by atoms with Crippen molar-refractivity contribution in [1.29, 1.82) is 0 Å². The Morgan fingerprint density at radius 3 is 2.56 bits per heavy atom. The van der Waals surface area contributed by atoms with Crippen LogP contribution in [-0.4, -0.2) is 27.1 Å². The molecule has 1 unspecified atom stereocenters. The van der Waals surface area contributed by atoms with Crippen LogP contribution in [0.3, 0.4) is 0 Å². The Kier molecular flexibility index (Phi) is 3.95. The molecule has 0 aliphatic rings.